The fourth-order valence-electron chi connectivity index (χ4n) is 2.08. The predicted molar refractivity (Wildman–Crippen MR) is 73.2 cm³/mol. The van der Waals surface area contributed by atoms with E-state index in [0.29, 0.717) is 24.1 Å². The van der Waals surface area contributed by atoms with Gasteiger partial charge < -0.3 is 9.84 Å². The van der Waals surface area contributed by atoms with Gasteiger partial charge in [-0.2, -0.15) is 0 Å². The Morgan fingerprint density at radius 2 is 1.96 bits per heavy atom. The van der Waals surface area contributed by atoms with Crippen molar-refractivity contribution in [2.45, 2.75) is 32.7 Å². The molecule has 0 atom stereocenters. The zero-order valence-electron chi connectivity index (χ0n) is 12.2. The van der Waals surface area contributed by atoms with Crippen LogP contribution in [-0.4, -0.2) is 32.4 Å². The van der Waals surface area contributed by atoms with Crippen LogP contribution < -0.4 is 4.74 Å². The Labute approximate surface area is 129 Å². The van der Waals surface area contributed by atoms with Crippen molar-refractivity contribution in [2.24, 2.45) is 0 Å². The van der Waals surface area contributed by atoms with Gasteiger partial charge in [0.15, 0.2) is 5.69 Å². The molecule has 0 aliphatic heterocycles. The van der Waals surface area contributed by atoms with Gasteiger partial charge in [0.05, 0.1) is 12.2 Å². The van der Waals surface area contributed by atoms with Gasteiger partial charge in [-0.15, -0.1) is 18.3 Å². The lowest BCUT2D eigenvalue weighted by molar-refractivity contribution is -0.274. The number of hydrogen-bond acceptors (Lipinski definition) is 4. The van der Waals surface area contributed by atoms with Gasteiger partial charge in [0.25, 0.3) is 0 Å². The number of carbonyl (C=O) groups is 1. The maximum absolute atomic E-state index is 12.1. The molecule has 124 valence electrons. The van der Waals surface area contributed by atoms with Gasteiger partial charge >= 0.3 is 12.3 Å². The Hall–Kier alpha value is -2.58. The molecule has 0 aliphatic carbocycles. The molecule has 2 aromatic rings. The van der Waals surface area contributed by atoms with E-state index in [2.05, 4.69) is 15.0 Å². The molecule has 0 unspecified atom stereocenters. The van der Waals surface area contributed by atoms with Crippen molar-refractivity contribution >= 4 is 5.97 Å². The van der Waals surface area contributed by atoms with Crippen LogP contribution in [0, 0.1) is 0 Å². The normalized spacial score (nSPS) is 11.5. The van der Waals surface area contributed by atoms with E-state index in [4.69, 9.17) is 5.11 Å². The van der Waals surface area contributed by atoms with Gasteiger partial charge in [0.2, 0.25) is 0 Å². The van der Waals surface area contributed by atoms with Crippen molar-refractivity contribution in [2.75, 3.05) is 0 Å². The Kier molecular flexibility index (Phi) is 4.87. The minimum absolute atomic E-state index is 0.108. The van der Waals surface area contributed by atoms with Crippen LogP contribution in [0.3, 0.4) is 0 Å². The third kappa shape index (κ3) is 4.44. The average Bonchev–Trinajstić information content (AvgIpc) is 2.83. The van der Waals surface area contributed by atoms with Gasteiger partial charge in [-0.1, -0.05) is 30.7 Å². The second-order valence-electron chi connectivity index (χ2n) is 4.79. The highest BCUT2D eigenvalue weighted by Gasteiger charge is 2.31. The van der Waals surface area contributed by atoms with Crippen LogP contribution >= 0.6 is 0 Å². The zero-order chi connectivity index (χ0) is 17.0. The van der Waals surface area contributed by atoms with Gasteiger partial charge in [-0.25, -0.2) is 9.48 Å². The lowest BCUT2D eigenvalue weighted by Gasteiger charge is -2.10. The van der Waals surface area contributed by atoms with Crippen molar-refractivity contribution in [3.8, 4) is 5.75 Å². The molecular weight excluding hydrogens is 315 g/mol. The maximum Gasteiger partial charge on any atom is 0.573 e. The third-order valence-corrected chi connectivity index (χ3v) is 3.02. The van der Waals surface area contributed by atoms with Gasteiger partial charge in [0, 0.05) is 0 Å². The second-order valence-corrected chi connectivity index (χ2v) is 4.79. The second kappa shape index (κ2) is 6.67. The molecule has 0 bridgehead atoms. The number of benzene rings is 1. The highest BCUT2D eigenvalue weighted by Crippen LogP contribution is 2.23. The molecule has 1 aromatic heterocycles. The number of aromatic nitrogens is 3. The summed E-state index contributed by atoms with van der Waals surface area (Å²) in [4.78, 5) is 11.1. The monoisotopic (exact) mass is 329 g/mol. The molecule has 0 saturated heterocycles. The SMILES string of the molecule is CCCc1c(C(=O)O)nnn1Cc1ccc(OC(F)(F)F)cc1. The number of carboxylic acids is 1. The summed E-state index contributed by atoms with van der Waals surface area (Å²) in [6.45, 7) is 2.11. The Bertz CT molecular complexity index is 681. The molecule has 2 rings (SSSR count). The molecule has 0 fully saturated rings. The standard InChI is InChI=1S/C14H14F3N3O3/c1-2-3-11-12(13(21)22)18-19-20(11)8-9-4-6-10(7-5-9)23-14(15,16)17/h4-7H,2-3,8H2,1H3,(H,21,22). The summed E-state index contributed by atoms with van der Waals surface area (Å²) in [6, 6.07) is 5.30. The molecule has 0 saturated carbocycles. The number of hydrogen-bond donors (Lipinski definition) is 1. The molecular formula is C14H14F3N3O3. The smallest absolute Gasteiger partial charge is 0.476 e. The van der Waals surface area contributed by atoms with E-state index >= 15 is 0 Å². The molecule has 1 heterocycles. The molecule has 23 heavy (non-hydrogen) atoms. The molecule has 0 amide bonds. The van der Waals surface area contributed by atoms with Crippen molar-refractivity contribution in [3.05, 3.63) is 41.2 Å². The molecule has 0 spiro atoms. The number of nitrogens with zero attached hydrogens (tertiary/aromatic N) is 3. The largest absolute Gasteiger partial charge is 0.573 e. The predicted octanol–water partition coefficient (Wildman–Crippen LogP) is 2.88. The molecule has 0 aliphatic rings. The number of halogens is 3. The van der Waals surface area contributed by atoms with E-state index in [0.717, 1.165) is 0 Å². The van der Waals surface area contributed by atoms with E-state index in [1.807, 2.05) is 6.92 Å². The van der Waals surface area contributed by atoms with Gasteiger partial charge in [-0.05, 0) is 24.1 Å². The van der Waals surface area contributed by atoms with E-state index in [-0.39, 0.29) is 18.0 Å². The highest BCUT2D eigenvalue weighted by molar-refractivity contribution is 5.86. The maximum atomic E-state index is 12.1. The van der Waals surface area contributed by atoms with Crippen LogP contribution in [0.15, 0.2) is 24.3 Å². The average molecular weight is 329 g/mol. The molecule has 0 radical (unpaired) electrons. The van der Waals surface area contributed by atoms with Crippen LogP contribution in [0.4, 0.5) is 13.2 Å². The summed E-state index contributed by atoms with van der Waals surface area (Å²) in [5, 5.41) is 16.5. The number of rotatable bonds is 6. The molecule has 9 heteroatoms. The fraction of sp³-hybridized carbons (Fsp3) is 0.357. The van der Waals surface area contributed by atoms with Crippen molar-refractivity contribution in [1.29, 1.82) is 0 Å². The first-order valence-corrected chi connectivity index (χ1v) is 6.80. The van der Waals surface area contributed by atoms with Crippen molar-refractivity contribution in [1.82, 2.24) is 15.0 Å². The lowest BCUT2D eigenvalue weighted by atomic mass is 10.2. The first-order valence-electron chi connectivity index (χ1n) is 6.80. The highest BCUT2D eigenvalue weighted by atomic mass is 19.4. The Morgan fingerprint density at radius 1 is 1.30 bits per heavy atom. The summed E-state index contributed by atoms with van der Waals surface area (Å²) in [6.07, 6.45) is -3.53. The van der Waals surface area contributed by atoms with E-state index in [9.17, 15) is 18.0 Å². The summed E-state index contributed by atoms with van der Waals surface area (Å²) in [5.74, 6) is -1.48. The quantitative estimate of drug-likeness (QED) is 0.882. The Balaban J connectivity index is 2.17. The number of alkyl halides is 3. The van der Waals surface area contributed by atoms with Crippen LogP contribution in [0.2, 0.25) is 0 Å². The van der Waals surface area contributed by atoms with E-state index in [1.54, 1.807) is 0 Å². The third-order valence-electron chi connectivity index (χ3n) is 3.02. The summed E-state index contributed by atoms with van der Waals surface area (Å²) in [5.41, 5.74) is 1.03. The summed E-state index contributed by atoms with van der Waals surface area (Å²) in [7, 11) is 0. The molecule has 6 nitrogen and oxygen atoms in total. The number of ether oxygens (including phenoxy) is 1. The lowest BCUT2D eigenvalue weighted by Crippen LogP contribution is -2.17. The summed E-state index contributed by atoms with van der Waals surface area (Å²) >= 11 is 0. The minimum Gasteiger partial charge on any atom is -0.476 e. The molecule has 1 N–H and O–H groups in total. The van der Waals surface area contributed by atoms with Gasteiger partial charge in [0.1, 0.15) is 5.75 Å². The summed E-state index contributed by atoms with van der Waals surface area (Å²) < 4.78 is 41.5. The zero-order valence-corrected chi connectivity index (χ0v) is 12.2. The van der Waals surface area contributed by atoms with Crippen LogP contribution in [0.1, 0.15) is 35.1 Å². The van der Waals surface area contributed by atoms with Gasteiger partial charge in [-0.3, -0.25) is 0 Å². The van der Waals surface area contributed by atoms with E-state index in [1.165, 1.54) is 28.9 Å². The topological polar surface area (TPSA) is 77.2 Å². The van der Waals surface area contributed by atoms with Crippen LogP contribution in [0.5, 0.6) is 5.75 Å². The first kappa shape index (κ1) is 16.8. The first-order chi connectivity index (χ1) is 10.8. The molecule has 1 aromatic carbocycles. The number of aromatic carboxylic acids is 1. The minimum atomic E-state index is -4.74. The van der Waals surface area contributed by atoms with Crippen LogP contribution in [-0.2, 0) is 13.0 Å². The number of carboxylic acid groups (broad SMARTS) is 1. The van der Waals surface area contributed by atoms with Crippen molar-refractivity contribution < 1.29 is 27.8 Å². The van der Waals surface area contributed by atoms with Crippen molar-refractivity contribution in [3.63, 3.8) is 0 Å². The van der Waals surface area contributed by atoms with E-state index < -0.39 is 12.3 Å². The Morgan fingerprint density at radius 3 is 2.48 bits per heavy atom. The van der Waals surface area contributed by atoms with Crippen LogP contribution in [0.25, 0.3) is 0 Å². The fourth-order valence-corrected chi connectivity index (χ4v) is 2.08.